The summed E-state index contributed by atoms with van der Waals surface area (Å²) >= 11 is 7.68. The molecule has 146 valence electrons. The van der Waals surface area contributed by atoms with Crippen molar-refractivity contribution in [3.05, 3.63) is 63.2 Å². The average molecular weight is 425 g/mol. The summed E-state index contributed by atoms with van der Waals surface area (Å²) in [4.78, 5) is 13.0. The largest absolute Gasteiger partial charge is 0.507 e. The molecule has 0 bridgehead atoms. The molecule has 0 saturated heterocycles. The number of rotatable bonds is 3. The Kier molecular flexibility index (Phi) is 4.53. The van der Waals surface area contributed by atoms with Gasteiger partial charge >= 0.3 is 0 Å². The summed E-state index contributed by atoms with van der Waals surface area (Å²) in [7, 11) is 0. The molecule has 1 aliphatic carbocycles. The van der Waals surface area contributed by atoms with Crippen LogP contribution in [0, 0.1) is 0 Å². The molecule has 0 atom stereocenters. The molecule has 0 spiro atoms. The molecule has 0 radical (unpaired) electrons. The number of benzene rings is 2. The monoisotopic (exact) mass is 424 g/mol. The number of nitrogens with one attached hydrogen (secondary N) is 1. The topological polar surface area (TPSA) is 74.8 Å². The number of carbonyl (C=O) groups excluding carboxylic acids is 1. The van der Waals surface area contributed by atoms with Crippen LogP contribution >= 0.6 is 22.9 Å². The first-order valence-corrected chi connectivity index (χ1v) is 10.6. The summed E-state index contributed by atoms with van der Waals surface area (Å²) in [5.74, 6) is 0.700. The molecule has 5 nitrogen and oxygen atoms in total. The summed E-state index contributed by atoms with van der Waals surface area (Å²) in [5, 5.41) is 16.6. The van der Waals surface area contributed by atoms with E-state index in [4.69, 9.17) is 16.0 Å². The third-order valence-electron chi connectivity index (χ3n) is 5.24. The van der Waals surface area contributed by atoms with Crippen LogP contribution in [0.4, 0.5) is 0 Å². The van der Waals surface area contributed by atoms with Gasteiger partial charge in [0.25, 0.3) is 5.91 Å². The molecule has 0 aliphatic heterocycles. The molecule has 7 heteroatoms. The standard InChI is InChI=1S/C22H17ClN2O3S/c23-20-13-6-2-4-8-18(13)29-21(20)22(27)25-24-11-14-15(26)9-10-17-19(14)12-5-1-3-7-16(12)28-17/h2,4,6,8-11,26H,1,3,5,7H2,(H,25,27)/b24-11-. The zero-order valence-electron chi connectivity index (χ0n) is 15.4. The van der Waals surface area contributed by atoms with Gasteiger partial charge in [-0.3, -0.25) is 4.79 Å². The zero-order valence-corrected chi connectivity index (χ0v) is 16.9. The van der Waals surface area contributed by atoms with Crippen LogP contribution in [-0.2, 0) is 12.8 Å². The smallest absolute Gasteiger partial charge is 0.283 e. The van der Waals surface area contributed by atoms with Gasteiger partial charge < -0.3 is 9.52 Å². The van der Waals surface area contributed by atoms with Gasteiger partial charge in [0, 0.05) is 33.0 Å². The Hall–Kier alpha value is -2.83. The number of thiophene rings is 1. The molecule has 1 aliphatic rings. The highest BCUT2D eigenvalue weighted by Gasteiger charge is 2.21. The van der Waals surface area contributed by atoms with Crippen molar-refractivity contribution in [1.29, 1.82) is 0 Å². The summed E-state index contributed by atoms with van der Waals surface area (Å²) in [6.07, 6.45) is 5.49. The minimum atomic E-state index is -0.381. The molecule has 2 N–H and O–H groups in total. The van der Waals surface area contributed by atoms with E-state index in [1.54, 1.807) is 12.1 Å². The van der Waals surface area contributed by atoms with Crippen molar-refractivity contribution < 1.29 is 14.3 Å². The van der Waals surface area contributed by atoms with E-state index in [2.05, 4.69) is 10.5 Å². The molecule has 0 unspecified atom stereocenters. The first kappa shape index (κ1) is 18.2. The number of aryl methyl sites for hydroxylation is 2. The van der Waals surface area contributed by atoms with Crippen LogP contribution in [0.25, 0.3) is 21.1 Å². The van der Waals surface area contributed by atoms with E-state index in [1.807, 2.05) is 24.3 Å². The molecule has 0 saturated carbocycles. The SMILES string of the molecule is O=C(N/N=C\c1c(O)ccc2oc3c(c12)CCCC3)c1sc2ccccc2c1Cl. The van der Waals surface area contributed by atoms with Gasteiger partial charge in [0.1, 0.15) is 22.0 Å². The van der Waals surface area contributed by atoms with E-state index in [0.717, 1.165) is 58.1 Å². The van der Waals surface area contributed by atoms with Crippen LogP contribution in [0.1, 0.15) is 39.4 Å². The maximum Gasteiger partial charge on any atom is 0.283 e. The van der Waals surface area contributed by atoms with Crippen LogP contribution in [0.5, 0.6) is 5.75 Å². The first-order chi connectivity index (χ1) is 14.1. The summed E-state index contributed by atoms with van der Waals surface area (Å²) in [5.41, 5.74) is 4.94. The van der Waals surface area contributed by atoms with Crippen molar-refractivity contribution >= 4 is 56.1 Å². The highest BCUT2D eigenvalue weighted by atomic mass is 35.5. The van der Waals surface area contributed by atoms with Crippen molar-refractivity contribution in [2.24, 2.45) is 5.10 Å². The van der Waals surface area contributed by atoms with Crippen molar-refractivity contribution in [3.8, 4) is 5.75 Å². The number of phenolic OH excluding ortho intramolecular Hbond substituents is 1. The molecular formula is C22H17ClN2O3S. The van der Waals surface area contributed by atoms with Gasteiger partial charge in [-0.05, 0) is 37.5 Å². The quantitative estimate of drug-likeness (QED) is 0.329. The van der Waals surface area contributed by atoms with Gasteiger partial charge in [0.05, 0.1) is 11.2 Å². The molecule has 29 heavy (non-hydrogen) atoms. The Labute approximate surface area is 175 Å². The Morgan fingerprint density at radius 2 is 2.03 bits per heavy atom. The molecule has 1 amide bonds. The number of hydrogen-bond acceptors (Lipinski definition) is 5. The van der Waals surface area contributed by atoms with E-state index < -0.39 is 0 Å². The molecule has 0 fully saturated rings. The van der Waals surface area contributed by atoms with E-state index >= 15 is 0 Å². The Morgan fingerprint density at radius 3 is 2.90 bits per heavy atom. The normalized spacial score (nSPS) is 14.0. The molecular weight excluding hydrogens is 408 g/mol. The fraction of sp³-hybridized carbons (Fsp3) is 0.182. The highest BCUT2D eigenvalue weighted by Crippen LogP contribution is 2.37. The molecule has 2 heterocycles. The van der Waals surface area contributed by atoms with Gasteiger partial charge in [-0.15, -0.1) is 11.3 Å². The molecule has 2 aromatic heterocycles. The van der Waals surface area contributed by atoms with Crippen LogP contribution < -0.4 is 5.43 Å². The lowest BCUT2D eigenvalue weighted by atomic mass is 9.94. The first-order valence-electron chi connectivity index (χ1n) is 9.40. The highest BCUT2D eigenvalue weighted by molar-refractivity contribution is 7.21. The van der Waals surface area contributed by atoms with E-state index in [-0.39, 0.29) is 11.7 Å². The Bertz CT molecular complexity index is 1290. The van der Waals surface area contributed by atoms with E-state index in [0.29, 0.717) is 15.5 Å². The van der Waals surface area contributed by atoms with Crippen molar-refractivity contribution in [2.45, 2.75) is 25.7 Å². The summed E-state index contributed by atoms with van der Waals surface area (Å²) in [6, 6.07) is 11.0. The molecule has 2 aromatic carbocycles. The number of nitrogens with zero attached hydrogens (tertiary/aromatic N) is 1. The number of carbonyl (C=O) groups is 1. The summed E-state index contributed by atoms with van der Waals surface area (Å²) < 4.78 is 6.90. The lowest BCUT2D eigenvalue weighted by Gasteiger charge is -2.09. The van der Waals surface area contributed by atoms with Crippen molar-refractivity contribution in [1.82, 2.24) is 5.43 Å². The number of amides is 1. The van der Waals surface area contributed by atoms with Crippen LogP contribution in [0.3, 0.4) is 0 Å². The van der Waals surface area contributed by atoms with Crippen LogP contribution in [-0.4, -0.2) is 17.2 Å². The number of aromatic hydroxyl groups is 1. The number of furan rings is 1. The predicted octanol–water partition coefficient (Wildman–Crippen LogP) is 5.65. The number of phenols is 1. The molecule has 5 rings (SSSR count). The number of fused-ring (bicyclic) bond motifs is 4. The van der Waals surface area contributed by atoms with Crippen LogP contribution in [0.2, 0.25) is 5.02 Å². The fourth-order valence-corrected chi connectivity index (χ4v) is 5.28. The van der Waals surface area contributed by atoms with E-state index in [9.17, 15) is 9.90 Å². The predicted molar refractivity (Wildman–Crippen MR) is 116 cm³/mol. The van der Waals surface area contributed by atoms with Gasteiger partial charge in [-0.1, -0.05) is 29.8 Å². The average Bonchev–Trinajstić information content (AvgIpc) is 3.28. The van der Waals surface area contributed by atoms with Gasteiger partial charge in [0.15, 0.2) is 0 Å². The zero-order chi connectivity index (χ0) is 20.0. The van der Waals surface area contributed by atoms with E-state index in [1.165, 1.54) is 17.6 Å². The second-order valence-electron chi connectivity index (χ2n) is 7.02. The van der Waals surface area contributed by atoms with Gasteiger partial charge in [-0.2, -0.15) is 5.10 Å². The van der Waals surface area contributed by atoms with Crippen molar-refractivity contribution in [3.63, 3.8) is 0 Å². The second-order valence-corrected chi connectivity index (χ2v) is 8.45. The van der Waals surface area contributed by atoms with Crippen LogP contribution in [0.15, 0.2) is 45.9 Å². The number of hydrogen-bond donors (Lipinski definition) is 2. The minimum absolute atomic E-state index is 0.101. The number of halogens is 1. The fourth-order valence-electron chi connectivity index (χ4n) is 3.87. The summed E-state index contributed by atoms with van der Waals surface area (Å²) in [6.45, 7) is 0. The lowest BCUT2D eigenvalue weighted by Crippen LogP contribution is -2.16. The number of hydrazone groups is 1. The van der Waals surface area contributed by atoms with Gasteiger partial charge in [0.2, 0.25) is 0 Å². The third kappa shape index (κ3) is 3.09. The maximum atomic E-state index is 12.6. The third-order valence-corrected chi connectivity index (χ3v) is 6.91. The Balaban J connectivity index is 1.46. The second kappa shape index (κ2) is 7.21. The lowest BCUT2D eigenvalue weighted by molar-refractivity contribution is 0.0959. The maximum absolute atomic E-state index is 12.6. The Morgan fingerprint density at radius 1 is 1.21 bits per heavy atom. The minimum Gasteiger partial charge on any atom is -0.507 e. The van der Waals surface area contributed by atoms with Gasteiger partial charge in [-0.25, -0.2) is 5.43 Å². The molecule has 4 aromatic rings. The van der Waals surface area contributed by atoms with Crippen molar-refractivity contribution in [2.75, 3.05) is 0 Å².